The summed E-state index contributed by atoms with van der Waals surface area (Å²) in [7, 11) is -3.60. The van der Waals surface area contributed by atoms with E-state index in [-0.39, 0.29) is 24.1 Å². The number of nitrogens with zero attached hydrogens (tertiary/aromatic N) is 2. The molecule has 1 aromatic heterocycles. The lowest BCUT2D eigenvalue weighted by molar-refractivity contribution is 0.236. The molecule has 17 heavy (non-hydrogen) atoms. The summed E-state index contributed by atoms with van der Waals surface area (Å²) in [5, 5.41) is 15.5. The number of H-pyrrole nitrogens is 1. The first-order valence-electron chi connectivity index (χ1n) is 5.46. The lowest BCUT2D eigenvalue weighted by Crippen LogP contribution is -2.39. The Kier molecular flexibility index (Phi) is 4.29. The highest BCUT2D eigenvalue weighted by molar-refractivity contribution is 7.89. The van der Waals surface area contributed by atoms with Gasteiger partial charge in [0.1, 0.15) is 4.90 Å². The van der Waals surface area contributed by atoms with Crippen molar-refractivity contribution in [2.75, 3.05) is 13.2 Å². The molecule has 1 heterocycles. The topological polar surface area (TPSA) is 86.3 Å². The first-order chi connectivity index (χ1) is 7.82. The summed E-state index contributed by atoms with van der Waals surface area (Å²) >= 11 is 0. The second-order valence-electron chi connectivity index (χ2n) is 4.20. The van der Waals surface area contributed by atoms with Crippen molar-refractivity contribution >= 4 is 10.0 Å². The molecule has 1 aromatic rings. The van der Waals surface area contributed by atoms with Crippen LogP contribution in [0.2, 0.25) is 0 Å². The molecule has 0 saturated heterocycles. The normalized spacial score (nSPS) is 12.6. The van der Waals surface area contributed by atoms with Crippen LogP contribution in [0.5, 0.6) is 0 Å². The predicted molar refractivity (Wildman–Crippen MR) is 64.2 cm³/mol. The summed E-state index contributed by atoms with van der Waals surface area (Å²) in [4.78, 5) is 0.208. The third-order valence-corrected chi connectivity index (χ3v) is 4.86. The summed E-state index contributed by atoms with van der Waals surface area (Å²) in [6.07, 6.45) is 0. The third-order valence-electron chi connectivity index (χ3n) is 2.52. The van der Waals surface area contributed by atoms with E-state index in [4.69, 9.17) is 5.11 Å². The average Bonchev–Trinajstić information content (AvgIpc) is 2.54. The smallest absolute Gasteiger partial charge is 0.247 e. The van der Waals surface area contributed by atoms with E-state index in [0.717, 1.165) is 0 Å². The summed E-state index contributed by atoms with van der Waals surface area (Å²) < 4.78 is 26.1. The number of rotatable bonds is 5. The number of aliphatic hydroxyl groups excluding tert-OH is 1. The molecular formula is C10H19N3O3S. The standard InChI is InChI=1S/C10H19N3O3S/c1-7(2)13(5-6-14)17(15,16)10-8(3)11-12-9(10)4/h7,14H,5-6H2,1-4H3,(H,11,12). The Balaban J connectivity index is 3.26. The molecule has 0 atom stereocenters. The highest BCUT2D eigenvalue weighted by Gasteiger charge is 2.30. The predicted octanol–water partition coefficient (Wildman–Crippen LogP) is 0.418. The van der Waals surface area contributed by atoms with Crippen LogP contribution < -0.4 is 0 Å². The van der Waals surface area contributed by atoms with E-state index in [2.05, 4.69) is 10.2 Å². The van der Waals surface area contributed by atoms with Gasteiger partial charge in [-0.1, -0.05) is 0 Å². The van der Waals surface area contributed by atoms with Gasteiger partial charge >= 0.3 is 0 Å². The van der Waals surface area contributed by atoms with Crippen LogP contribution in [0.15, 0.2) is 4.90 Å². The lowest BCUT2D eigenvalue weighted by Gasteiger charge is -2.25. The number of aromatic amines is 1. The Morgan fingerprint density at radius 3 is 2.35 bits per heavy atom. The summed E-state index contributed by atoms with van der Waals surface area (Å²) in [5.41, 5.74) is 0.970. The quantitative estimate of drug-likeness (QED) is 0.804. The molecule has 0 aliphatic carbocycles. The molecule has 0 aromatic carbocycles. The van der Waals surface area contributed by atoms with Crippen LogP contribution in [-0.4, -0.2) is 47.2 Å². The summed E-state index contributed by atoms with van der Waals surface area (Å²) in [6.45, 7) is 6.76. The first-order valence-corrected chi connectivity index (χ1v) is 6.90. The molecular weight excluding hydrogens is 242 g/mol. The van der Waals surface area contributed by atoms with E-state index in [1.54, 1.807) is 27.7 Å². The van der Waals surface area contributed by atoms with Crippen LogP contribution in [0.3, 0.4) is 0 Å². The molecule has 0 radical (unpaired) electrons. The molecule has 0 saturated carbocycles. The number of hydrogen-bond donors (Lipinski definition) is 2. The maximum absolute atomic E-state index is 12.4. The molecule has 98 valence electrons. The molecule has 0 spiro atoms. The van der Waals surface area contributed by atoms with Crippen LogP contribution >= 0.6 is 0 Å². The Labute approximate surface area is 102 Å². The Hall–Kier alpha value is -0.920. The van der Waals surface area contributed by atoms with E-state index in [1.165, 1.54) is 4.31 Å². The fraction of sp³-hybridized carbons (Fsp3) is 0.700. The van der Waals surface area contributed by atoms with Crippen molar-refractivity contribution in [2.45, 2.75) is 38.6 Å². The Bertz CT molecular complexity index is 459. The highest BCUT2D eigenvalue weighted by atomic mass is 32.2. The highest BCUT2D eigenvalue weighted by Crippen LogP contribution is 2.22. The number of sulfonamides is 1. The molecule has 0 aliphatic heterocycles. The number of hydrogen-bond acceptors (Lipinski definition) is 4. The van der Waals surface area contributed by atoms with Gasteiger partial charge in [-0.25, -0.2) is 8.42 Å². The van der Waals surface area contributed by atoms with Crippen molar-refractivity contribution < 1.29 is 13.5 Å². The minimum atomic E-state index is -3.60. The minimum Gasteiger partial charge on any atom is -0.395 e. The second-order valence-corrected chi connectivity index (χ2v) is 6.02. The first kappa shape index (κ1) is 14.1. The van der Waals surface area contributed by atoms with Crippen molar-refractivity contribution in [3.63, 3.8) is 0 Å². The van der Waals surface area contributed by atoms with Crippen molar-refractivity contribution in [1.82, 2.24) is 14.5 Å². The average molecular weight is 261 g/mol. The van der Waals surface area contributed by atoms with E-state index >= 15 is 0 Å². The summed E-state index contributed by atoms with van der Waals surface area (Å²) in [5.74, 6) is 0. The fourth-order valence-corrected chi connectivity index (χ4v) is 3.76. The molecule has 6 nitrogen and oxygen atoms in total. The Morgan fingerprint density at radius 1 is 1.41 bits per heavy atom. The van der Waals surface area contributed by atoms with Gasteiger partial charge in [-0.3, -0.25) is 5.10 Å². The number of aryl methyl sites for hydroxylation is 2. The van der Waals surface area contributed by atoms with Gasteiger partial charge in [0.25, 0.3) is 0 Å². The number of aromatic nitrogens is 2. The molecule has 0 fully saturated rings. The lowest BCUT2D eigenvalue weighted by atomic mass is 10.4. The molecule has 7 heteroatoms. The minimum absolute atomic E-state index is 0.0874. The van der Waals surface area contributed by atoms with Gasteiger partial charge in [-0.05, 0) is 27.7 Å². The van der Waals surface area contributed by atoms with Crippen molar-refractivity contribution in [2.24, 2.45) is 0 Å². The van der Waals surface area contributed by atoms with E-state index in [0.29, 0.717) is 11.4 Å². The van der Waals surface area contributed by atoms with E-state index in [9.17, 15) is 8.42 Å². The van der Waals surface area contributed by atoms with Gasteiger partial charge < -0.3 is 5.11 Å². The van der Waals surface area contributed by atoms with Crippen LogP contribution in [-0.2, 0) is 10.0 Å². The van der Waals surface area contributed by atoms with Crippen LogP contribution in [0.1, 0.15) is 25.2 Å². The zero-order valence-corrected chi connectivity index (χ0v) is 11.4. The largest absolute Gasteiger partial charge is 0.395 e. The third kappa shape index (κ3) is 2.67. The number of nitrogens with one attached hydrogen (secondary N) is 1. The monoisotopic (exact) mass is 261 g/mol. The maximum atomic E-state index is 12.4. The zero-order chi connectivity index (χ0) is 13.2. The Morgan fingerprint density at radius 2 is 2.00 bits per heavy atom. The fourth-order valence-electron chi connectivity index (χ4n) is 1.79. The van der Waals surface area contributed by atoms with Gasteiger partial charge in [-0.2, -0.15) is 9.40 Å². The van der Waals surface area contributed by atoms with Crippen LogP contribution in [0.25, 0.3) is 0 Å². The van der Waals surface area contributed by atoms with E-state index in [1.807, 2.05) is 0 Å². The SMILES string of the molecule is Cc1n[nH]c(C)c1S(=O)(=O)N(CCO)C(C)C. The molecule has 2 N–H and O–H groups in total. The second kappa shape index (κ2) is 5.16. The van der Waals surface area contributed by atoms with Crippen LogP contribution in [0.4, 0.5) is 0 Å². The van der Waals surface area contributed by atoms with Crippen molar-refractivity contribution in [3.8, 4) is 0 Å². The van der Waals surface area contributed by atoms with Gasteiger partial charge in [-0.15, -0.1) is 0 Å². The molecule has 0 aliphatic rings. The van der Waals surface area contributed by atoms with Gasteiger partial charge in [0.2, 0.25) is 10.0 Å². The molecule has 0 unspecified atom stereocenters. The van der Waals surface area contributed by atoms with Gasteiger partial charge in [0.15, 0.2) is 0 Å². The van der Waals surface area contributed by atoms with Gasteiger partial charge in [0, 0.05) is 12.6 Å². The molecule has 0 amide bonds. The summed E-state index contributed by atoms with van der Waals surface area (Å²) in [6, 6.07) is -0.208. The number of aliphatic hydroxyl groups is 1. The molecule has 1 rings (SSSR count). The van der Waals surface area contributed by atoms with Gasteiger partial charge in [0.05, 0.1) is 18.0 Å². The van der Waals surface area contributed by atoms with Crippen molar-refractivity contribution in [3.05, 3.63) is 11.4 Å². The van der Waals surface area contributed by atoms with E-state index < -0.39 is 10.0 Å². The maximum Gasteiger partial charge on any atom is 0.247 e. The van der Waals surface area contributed by atoms with Crippen LogP contribution in [0, 0.1) is 13.8 Å². The van der Waals surface area contributed by atoms with Crippen molar-refractivity contribution in [1.29, 1.82) is 0 Å². The molecule has 0 bridgehead atoms. The zero-order valence-electron chi connectivity index (χ0n) is 10.6.